The Kier molecular flexibility index (Phi) is 7.89. The Labute approximate surface area is 189 Å². The van der Waals surface area contributed by atoms with Gasteiger partial charge in [-0.1, -0.05) is 35.9 Å². The van der Waals surface area contributed by atoms with Gasteiger partial charge in [-0.3, -0.25) is 14.6 Å². The maximum Gasteiger partial charge on any atom is 0.305 e. The van der Waals surface area contributed by atoms with Crippen LogP contribution in [0.2, 0.25) is 5.02 Å². The fourth-order valence-corrected chi connectivity index (χ4v) is 3.70. The zero-order chi connectivity index (χ0) is 23.1. The Hall–Kier alpha value is -3.32. The molecule has 0 aliphatic carbocycles. The van der Waals surface area contributed by atoms with Gasteiger partial charge < -0.3 is 9.64 Å². The lowest BCUT2D eigenvalue weighted by Crippen LogP contribution is -2.35. The van der Waals surface area contributed by atoms with Gasteiger partial charge in [0.05, 0.1) is 13.2 Å². The van der Waals surface area contributed by atoms with Crippen molar-refractivity contribution in [1.29, 1.82) is 0 Å². The summed E-state index contributed by atoms with van der Waals surface area (Å²) in [5.74, 6) is -2.79. The molecule has 2 aromatic carbocycles. The summed E-state index contributed by atoms with van der Waals surface area (Å²) in [5.41, 5.74) is 1.15. The van der Waals surface area contributed by atoms with Crippen LogP contribution in [0.4, 0.5) is 8.78 Å². The molecule has 166 valence electrons. The van der Waals surface area contributed by atoms with Crippen molar-refractivity contribution in [2.24, 2.45) is 0 Å². The third-order valence-corrected chi connectivity index (χ3v) is 5.28. The van der Waals surface area contributed by atoms with Crippen LogP contribution in [0.5, 0.6) is 0 Å². The van der Waals surface area contributed by atoms with E-state index >= 15 is 0 Å². The molecule has 0 unspecified atom stereocenters. The Morgan fingerprint density at radius 1 is 1.09 bits per heavy atom. The Balaban J connectivity index is 2.08. The van der Waals surface area contributed by atoms with Crippen LogP contribution in [0.3, 0.4) is 0 Å². The van der Waals surface area contributed by atoms with Gasteiger partial charge in [-0.2, -0.15) is 0 Å². The van der Waals surface area contributed by atoms with E-state index in [1.807, 2.05) is 0 Å². The molecule has 1 aromatic heterocycles. The van der Waals surface area contributed by atoms with Crippen molar-refractivity contribution < 1.29 is 23.1 Å². The minimum Gasteiger partial charge on any atom is -0.469 e. The van der Waals surface area contributed by atoms with Gasteiger partial charge >= 0.3 is 5.97 Å². The number of esters is 1. The lowest BCUT2D eigenvalue weighted by atomic mass is 9.98. The quantitative estimate of drug-likeness (QED) is 0.427. The second-order valence-electron chi connectivity index (χ2n) is 7.10. The molecular weight excluding hydrogens is 438 g/mol. The average Bonchev–Trinajstić information content (AvgIpc) is 2.78. The number of amides is 1. The first kappa shape index (κ1) is 23.3. The monoisotopic (exact) mass is 458 g/mol. The average molecular weight is 459 g/mol. The molecule has 0 aliphatic heterocycles. The standard InChI is InChI=1S/C24H21ClF2N2O3/c1-32-23(30)9-8-22(20-6-2-3-7-21(20)25)29(15-16-5-4-10-28-14-16)24(31)17-11-18(26)13-19(27)12-17/h2-7,10-14,22H,8-9,15H2,1H3/t22-/m0/s1. The van der Waals surface area contributed by atoms with E-state index in [9.17, 15) is 18.4 Å². The number of aromatic nitrogens is 1. The molecule has 3 aromatic rings. The summed E-state index contributed by atoms with van der Waals surface area (Å²) in [7, 11) is 1.28. The maximum absolute atomic E-state index is 13.9. The van der Waals surface area contributed by atoms with Gasteiger partial charge in [-0.25, -0.2) is 8.78 Å². The molecule has 0 saturated heterocycles. The van der Waals surface area contributed by atoms with Gasteiger partial charge in [-0.05, 0) is 41.8 Å². The Morgan fingerprint density at radius 3 is 2.44 bits per heavy atom. The molecule has 8 heteroatoms. The number of hydrogen-bond acceptors (Lipinski definition) is 4. The molecule has 0 aliphatic rings. The third kappa shape index (κ3) is 5.88. The predicted octanol–water partition coefficient (Wildman–Crippen LogP) is 5.35. The molecule has 0 spiro atoms. The summed E-state index contributed by atoms with van der Waals surface area (Å²) >= 11 is 6.43. The summed E-state index contributed by atoms with van der Waals surface area (Å²) in [6.45, 7) is 0.0852. The number of methoxy groups -OCH3 is 1. The molecule has 1 atom stereocenters. The molecule has 0 fully saturated rings. The lowest BCUT2D eigenvalue weighted by Gasteiger charge is -2.33. The molecule has 32 heavy (non-hydrogen) atoms. The first-order valence-corrected chi connectivity index (χ1v) is 10.2. The van der Waals surface area contributed by atoms with Crippen molar-refractivity contribution in [3.05, 3.63) is 100 Å². The Bertz CT molecular complexity index is 1080. The van der Waals surface area contributed by atoms with Gasteiger partial charge in [0.1, 0.15) is 11.6 Å². The lowest BCUT2D eigenvalue weighted by molar-refractivity contribution is -0.141. The molecule has 3 rings (SSSR count). The predicted molar refractivity (Wildman–Crippen MR) is 116 cm³/mol. The second kappa shape index (κ2) is 10.8. The topological polar surface area (TPSA) is 59.5 Å². The first-order valence-electron chi connectivity index (χ1n) is 9.86. The summed E-state index contributed by atoms with van der Waals surface area (Å²) in [4.78, 5) is 30.9. The number of pyridine rings is 1. The smallest absolute Gasteiger partial charge is 0.305 e. The highest BCUT2D eigenvalue weighted by atomic mass is 35.5. The van der Waals surface area contributed by atoms with E-state index in [1.54, 1.807) is 48.8 Å². The first-order chi connectivity index (χ1) is 15.4. The SMILES string of the molecule is COC(=O)CC[C@@H](c1ccccc1Cl)N(Cc1cccnc1)C(=O)c1cc(F)cc(F)c1. The van der Waals surface area contributed by atoms with E-state index in [4.69, 9.17) is 16.3 Å². The van der Waals surface area contributed by atoms with Crippen molar-refractivity contribution in [2.45, 2.75) is 25.4 Å². The van der Waals surface area contributed by atoms with Gasteiger partial charge in [0, 0.05) is 42.0 Å². The van der Waals surface area contributed by atoms with Crippen molar-refractivity contribution in [1.82, 2.24) is 9.88 Å². The second-order valence-corrected chi connectivity index (χ2v) is 7.51. The minimum atomic E-state index is -0.862. The van der Waals surface area contributed by atoms with Gasteiger partial charge in [-0.15, -0.1) is 0 Å². The van der Waals surface area contributed by atoms with Crippen molar-refractivity contribution >= 4 is 23.5 Å². The van der Waals surface area contributed by atoms with Crippen LogP contribution in [-0.2, 0) is 16.1 Å². The summed E-state index contributed by atoms with van der Waals surface area (Å²) < 4.78 is 32.5. The highest BCUT2D eigenvalue weighted by molar-refractivity contribution is 6.31. The number of halogens is 3. The van der Waals surface area contributed by atoms with Crippen molar-refractivity contribution in [2.75, 3.05) is 7.11 Å². The van der Waals surface area contributed by atoms with Crippen LogP contribution in [0.15, 0.2) is 67.0 Å². The fraction of sp³-hybridized carbons (Fsp3) is 0.208. The molecular formula is C24H21ClF2N2O3. The normalized spacial score (nSPS) is 11.6. The molecule has 0 saturated carbocycles. The number of carbonyl (C=O) groups excluding carboxylic acids is 2. The van der Waals surface area contributed by atoms with Crippen LogP contribution < -0.4 is 0 Å². The van der Waals surface area contributed by atoms with E-state index in [0.29, 0.717) is 22.2 Å². The van der Waals surface area contributed by atoms with Crippen LogP contribution in [0.1, 0.15) is 40.4 Å². The van der Waals surface area contributed by atoms with Crippen molar-refractivity contribution in [3.63, 3.8) is 0 Å². The minimum absolute atomic E-state index is 0.0146. The van der Waals surface area contributed by atoms with E-state index < -0.39 is 29.6 Å². The van der Waals surface area contributed by atoms with Crippen LogP contribution >= 0.6 is 11.6 Å². The van der Waals surface area contributed by atoms with Gasteiger partial charge in [0.2, 0.25) is 0 Å². The maximum atomic E-state index is 13.9. The molecule has 0 bridgehead atoms. The number of nitrogens with zero attached hydrogens (tertiary/aromatic N) is 2. The highest BCUT2D eigenvalue weighted by Crippen LogP contribution is 2.34. The van der Waals surface area contributed by atoms with E-state index in [2.05, 4.69) is 4.98 Å². The largest absolute Gasteiger partial charge is 0.469 e. The summed E-state index contributed by atoms with van der Waals surface area (Å²) in [6.07, 6.45) is 3.40. The zero-order valence-corrected chi connectivity index (χ0v) is 18.1. The number of rotatable bonds is 8. The van der Waals surface area contributed by atoms with Crippen LogP contribution in [-0.4, -0.2) is 28.9 Å². The zero-order valence-electron chi connectivity index (χ0n) is 17.3. The van der Waals surface area contributed by atoms with Gasteiger partial charge in [0.15, 0.2) is 0 Å². The number of ether oxygens (including phenoxy) is 1. The highest BCUT2D eigenvalue weighted by Gasteiger charge is 2.29. The number of carbonyl (C=O) groups is 2. The van der Waals surface area contributed by atoms with Crippen LogP contribution in [0.25, 0.3) is 0 Å². The van der Waals surface area contributed by atoms with E-state index in [-0.39, 0.29) is 24.9 Å². The van der Waals surface area contributed by atoms with Gasteiger partial charge in [0.25, 0.3) is 5.91 Å². The molecule has 0 N–H and O–H groups in total. The van der Waals surface area contributed by atoms with E-state index in [0.717, 1.165) is 12.1 Å². The summed E-state index contributed by atoms with van der Waals surface area (Å²) in [6, 6.07) is 12.4. The number of hydrogen-bond donors (Lipinski definition) is 0. The molecule has 0 radical (unpaired) electrons. The summed E-state index contributed by atoms with van der Waals surface area (Å²) in [5, 5.41) is 0.400. The van der Waals surface area contributed by atoms with Crippen molar-refractivity contribution in [3.8, 4) is 0 Å². The van der Waals surface area contributed by atoms with Crippen LogP contribution in [0, 0.1) is 11.6 Å². The Morgan fingerprint density at radius 2 is 1.81 bits per heavy atom. The fourth-order valence-electron chi connectivity index (χ4n) is 3.44. The molecule has 1 amide bonds. The number of benzene rings is 2. The third-order valence-electron chi connectivity index (χ3n) is 4.94. The molecule has 1 heterocycles. The van der Waals surface area contributed by atoms with E-state index in [1.165, 1.54) is 12.0 Å². The molecule has 5 nitrogen and oxygen atoms in total.